The number of carbonyl (C=O) groups is 2. The number of thioether (sulfide) groups is 1. The Labute approximate surface area is 111 Å². The molecule has 2 N–H and O–H groups in total. The second-order valence-electron chi connectivity index (χ2n) is 3.87. The first kappa shape index (κ1) is 14.6. The monoisotopic (exact) mass is 267 g/mol. The van der Waals surface area contributed by atoms with Gasteiger partial charge in [-0.25, -0.2) is 0 Å². The quantitative estimate of drug-likeness (QED) is 0.744. The van der Waals surface area contributed by atoms with E-state index in [-0.39, 0.29) is 12.3 Å². The summed E-state index contributed by atoms with van der Waals surface area (Å²) in [6.07, 6.45) is 1.06. The molecule has 1 aromatic rings. The van der Waals surface area contributed by atoms with Crippen molar-refractivity contribution in [2.45, 2.75) is 19.8 Å². The van der Waals surface area contributed by atoms with E-state index in [9.17, 15) is 9.59 Å². The molecule has 0 aromatic heterocycles. The minimum absolute atomic E-state index is 0.000574. The predicted octanol–water partition coefficient (Wildman–Crippen LogP) is 2.40. The first-order chi connectivity index (χ1) is 8.61. The highest BCUT2D eigenvalue weighted by molar-refractivity contribution is 7.99. The molecule has 0 heterocycles. The fraction of sp³-hybridized carbons (Fsp3) is 0.385. The molecule has 1 amide bonds. The number of carboxylic acid groups (broad SMARTS) is 1. The molecular formula is C13H17NO3S. The minimum Gasteiger partial charge on any atom is -0.481 e. The number of nitrogens with one attached hydrogen (secondary N) is 1. The third-order valence-corrected chi connectivity index (χ3v) is 3.34. The van der Waals surface area contributed by atoms with E-state index in [1.807, 2.05) is 0 Å². The fourth-order valence-electron chi connectivity index (χ4n) is 1.39. The van der Waals surface area contributed by atoms with Gasteiger partial charge in [0.2, 0.25) is 5.91 Å². The van der Waals surface area contributed by atoms with E-state index in [4.69, 9.17) is 5.11 Å². The maximum Gasteiger partial charge on any atom is 0.307 e. The molecule has 0 unspecified atom stereocenters. The lowest BCUT2D eigenvalue weighted by Crippen LogP contribution is -2.14. The average molecular weight is 267 g/mol. The zero-order valence-corrected chi connectivity index (χ0v) is 11.1. The number of carbonyl (C=O) groups excluding carboxylic acids is 1. The van der Waals surface area contributed by atoms with Crippen LogP contribution in [0.2, 0.25) is 0 Å². The Bertz CT molecular complexity index is 403. The Hall–Kier alpha value is -1.49. The number of hydrogen-bond donors (Lipinski definition) is 2. The first-order valence-electron chi connectivity index (χ1n) is 5.80. The van der Waals surface area contributed by atoms with Crippen molar-refractivity contribution in [2.75, 3.05) is 16.8 Å². The van der Waals surface area contributed by atoms with Crippen LogP contribution in [0, 0.1) is 0 Å². The van der Waals surface area contributed by atoms with Crippen LogP contribution in [0.3, 0.4) is 0 Å². The zero-order valence-electron chi connectivity index (χ0n) is 10.3. The third-order valence-electron chi connectivity index (χ3n) is 2.17. The van der Waals surface area contributed by atoms with Crippen LogP contribution in [0.25, 0.3) is 0 Å². The van der Waals surface area contributed by atoms with E-state index >= 15 is 0 Å². The van der Waals surface area contributed by atoms with Gasteiger partial charge in [-0.05, 0) is 29.9 Å². The molecule has 0 atom stereocenters. The van der Waals surface area contributed by atoms with Crippen molar-refractivity contribution in [1.29, 1.82) is 0 Å². The van der Waals surface area contributed by atoms with Crippen molar-refractivity contribution in [3.63, 3.8) is 0 Å². The van der Waals surface area contributed by atoms with Gasteiger partial charge in [-0.2, -0.15) is 11.8 Å². The molecule has 0 radical (unpaired) electrons. The number of benzene rings is 1. The number of rotatable bonds is 7. The maximum absolute atomic E-state index is 11.5. The van der Waals surface area contributed by atoms with Crippen LogP contribution in [0.15, 0.2) is 24.3 Å². The van der Waals surface area contributed by atoms with E-state index in [2.05, 4.69) is 12.2 Å². The molecule has 1 aromatic carbocycles. The van der Waals surface area contributed by atoms with Crippen LogP contribution < -0.4 is 5.32 Å². The van der Waals surface area contributed by atoms with Crippen LogP contribution >= 0.6 is 11.8 Å². The van der Waals surface area contributed by atoms with Gasteiger partial charge >= 0.3 is 5.97 Å². The lowest BCUT2D eigenvalue weighted by atomic mass is 10.1. The summed E-state index contributed by atoms with van der Waals surface area (Å²) < 4.78 is 0. The van der Waals surface area contributed by atoms with Gasteiger partial charge in [0.25, 0.3) is 0 Å². The van der Waals surface area contributed by atoms with Gasteiger partial charge in [0, 0.05) is 5.69 Å². The predicted molar refractivity (Wildman–Crippen MR) is 74.0 cm³/mol. The molecule has 0 aliphatic heterocycles. The van der Waals surface area contributed by atoms with Crippen LogP contribution in [0.1, 0.15) is 18.9 Å². The smallest absolute Gasteiger partial charge is 0.307 e. The van der Waals surface area contributed by atoms with Gasteiger partial charge in [-0.1, -0.05) is 19.1 Å². The van der Waals surface area contributed by atoms with E-state index in [0.717, 1.165) is 17.7 Å². The zero-order chi connectivity index (χ0) is 13.4. The number of anilines is 1. The molecule has 1 rings (SSSR count). The highest BCUT2D eigenvalue weighted by atomic mass is 32.2. The van der Waals surface area contributed by atoms with E-state index in [1.54, 1.807) is 36.0 Å². The SMILES string of the molecule is CCCSCC(=O)Nc1ccc(CC(=O)O)cc1. The molecule has 0 saturated heterocycles. The molecule has 0 aliphatic rings. The van der Waals surface area contributed by atoms with Crippen LogP contribution in [0.5, 0.6) is 0 Å². The Morgan fingerprint density at radius 3 is 2.50 bits per heavy atom. The molecule has 5 heteroatoms. The summed E-state index contributed by atoms with van der Waals surface area (Å²) in [6.45, 7) is 2.08. The second kappa shape index (κ2) is 7.76. The number of hydrogen-bond acceptors (Lipinski definition) is 3. The normalized spacial score (nSPS) is 10.1. The number of aliphatic carboxylic acids is 1. The van der Waals surface area contributed by atoms with E-state index in [1.165, 1.54) is 0 Å². The summed E-state index contributed by atoms with van der Waals surface area (Å²) in [5.74, 6) is 0.539. The molecule has 0 saturated carbocycles. The third kappa shape index (κ3) is 5.72. The highest BCUT2D eigenvalue weighted by Gasteiger charge is 2.03. The summed E-state index contributed by atoms with van der Waals surface area (Å²) in [4.78, 5) is 22.0. The van der Waals surface area contributed by atoms with E-state index < -0.39 is 5.97 Å². The molecule has 0 bridgehead atoms. The fourth-order valence-corrected chi connectivity index (χ4v) is 2.08. The lowest BCUT2D eigenvalue weighted by molar-refractivity contribution is -0.136. The standard InChI is InChI=1S/C13H17NO3S/c1-2-7-18-9-12(15)14-11-5-3-10(4-6-11)8-13(16)17/h3-6H,2,7-9H2,1H3,(H,14,15)(H,16,17). The Morgan fingerprint density at radius 1 is 1.28 bits per heavy atom. The maximum atomic E-state index is 11.5. The molecular weight excluding hydrogens is 250 g/mol. The highest BCUT2D eigenvalue weighted by Crippen LogP contribution is 2.11. The van der Waals surface area contributed by atoms with Crippen molar-refractivity contribution >= 4 is 29.3 Å². The number of carboxylic acids is 1. The van der Waals surface area contributed by atoms with E-state index in [0.29, 0.717) is 11.4 Å². The first-order valence-corrected chi connectivity index (χ1v) is 6.95. The Balaban J connectivity index is 2.43. The second-order valence-corrected chi connectivity index (χ2v) is 4.97. The molecule has 98 valence electrons. The van der Waals surface area contributed by atoms with Crippen LogP contribution in [-0.2, 0) is 16.0 Å². The summed E-state index contributed by atoms with van der Waals surface area (Å²) in [6, 6.07) is 6.87. The summed E-state index contributed by atoms with van der Waals surface area (Å²) in [5.41, 5.74) is 1.42. The molecule has 0 fully saturated rings. The van der Waals surface area contributed by atoms with Gasteiger partial charge in [-0.3, -0.25) is 9.59 Å². The molecule has 18 heavy (non-hydrogen) atoms. The topological polar surface area (TPSA) is 66.4 Å². The number of amides is 1. The largest absolute Gasteiger partial charge is 0.481 e. The molecule has 0 spiro atoms. The van der Waals surface area contributed by atoms with Gasteiger partial charge in [-0.15, -0.1) is 0 Å². The Kier molecular flexibility index (Phi) is 6.28. The van der Waals surface area contributed by atoms with Crippen LogP contribution in [0.4, 0.5) is 5.69 Å². The summed E-state index contributed by atoms with van der Waals surface area (Å²) >= 11 is 1.60. The van der Waals surface area contributed by atoms with Crippen molar-refractivity contribution in [3.8, 4) is 0 Å². The van der Waals surface area contributed by atoms with Gasteiger partial charge in [0.05, 0.1) is 12.2 Å². The van der Waals surface area contributed by atoms with Crippen molar-refractivity contribution < 1.29 is 14.7 Å². The summed E-state index contributed by atoms with van der Waals surface area (Å²) in [7, 11) is 0. The molecule has 4 nitrogen and oxygen atoms in total. The minimum atomic E-state index is -0.859. The Morgan fingerprint density at radius 2 is 1.94 bits per heavy atom. The van der Waals surface area contributed by atoms with Gasteiger partial charge < -0.3 is 10.4 Å². The van der Waals surface area contributed by atoms with Crippen molar-refractivity contribution in [3.05, 3.63) is 29.8 Å². The average Bonchev–Trinajstić information content (AvgIpc) is 2.31. The van der Waals surface area contributed by atoms with Crippen LogP contribution in [-0.4, -0.2) is 28.5 Å². The molecule has 0 aliphatic carbocycles. The van der Waals surface area contributed by atoms with Crippen molar-refractivity contribution in [2.24, 2.45) is 0 Å². The summed E-state index contributed by atoms with van der Waals surface area (Å²) in [5, 5.41) is 11.4. The van der Waals surface area contributed by atoms with Crippen molar-refractivity contribution in [1.82, 2.24) is 0 Å². The van der Waals surface area contributed by atoms with Gasteiger partial charge in [0.1, 0.15) is 0 Å². The lowest BCUT2D eigenvalue weighted by Gasteiger charge is -2.05. The van der Waals surface area contributed by atoms with Gasteiger partial charge in [0.15, 0.2) is 0 Å².